The molecule has 0 aromatic heterocycles. The van der Waals surface area contributed by atoms with Crippen LogP contribution in [0.15, 0.2) is 24.3 Å². The van der Waals surface area contributed by atoms with Gasteiger partial charge in [0.05, 0.1) is 6.42 Å². The highest BCUT2D eigenvalue weighted by Crippen LogP contribution is 1.93. The van der Waals surface area contributed by atoms with Gasteiger partial charge in [-0.25, -0.2) is 0 Å². The van der Waals surface area contributed by atoms with Gasteiger partial charge < -0.3 is 5.11 Å². The number of aliphatic carboxylic acids is 1. The van der Waals surface area contributed by atoms with Gasteiger partial charge >= 0.3 is 5.97 Å². The first-order valence-corrected chi connectivity index (χ1v) is 4.29. The summed E-state index contributed by atoms with van der Waals surface area (Å²) in [5, 5.41) is 8.28. The summed E-state index contributed by atoms with van der Waals surface area (Å²) < 4.78 is 0. The van der Waals surface area contributed by atoms with Crippen molar-refractivity contribution in [2.75, 3.05) is 0 Å². The van der Waals surface area contributed by atoms with Gasteiger partial charge in [-0.05, 0) is 12.8 Å². The molecule has 2 heteroatoms. The summed E-state index contributed by atoms with van der Waals surface area (Å²) in [6, 6.07) is 0. The SMILES string of the molecule is CCC/C=C\C/C=C\CC(=O)O. The van der Waals surface area contributed by atoms with E-state index in [2.05, 4.69) is 19.1 Å². The molecule has 0 aliphatic heterocycles. The fraction of sp³-hybridized carbons (Fsp3) is 0.500. The second-order valence-corrected chi connectivity index (χ2v) is 2.57. The highest BCUT2D eigenvalue weighted by atomic mass is 16.4. The molecule has 0 saturated heterocycles. The monoisotopic (exact) mass is 168 g/mol. The maximum absolute atomic E-state index is 10.1. The van der Waals surface area contributed by atoms with Gasteiger partial charge in [0.2, 0.25) is 0 Å². The first kappa shape index (κ1) is 11.0. The Bertz CT molecular complexity index is 169. The number of unbranched alkanes of at least 4 members (excludes halogenated alkanes) is 1. The van der Waals surface area contributed by atoms with Gasteiger partial charge in [0.15, 0.2) is 0 Å². The summed E-state index contributed by atoms with van der Waals surface area (Å²) in [6.45, 7) is 2.13. The van der Waals surface area contributed by atoms with Crippen LogP contribution >= 0.6 is 0 Å². The molecule has 0 saturated carbocycles. The Morgan fingerprint density at radius 2 is 1.92 bits per heavy atom. The minimum absolute atomic E-state index is 0.127. The van der Waals surface area contributed by atoms with E-state index in [-0.39, 0.29) is 6.42 Å². The summed E-state index contributed by atoms with van der Waals surface area (Å²) in [4.78, 5) is 10.1. The van der Waals surface area contributed by atoms with Crippen LogP contribution in [-0.2, 0) is 4.79 Å². The van der Waals surface area contributed by atoms with Gasteiger partial charge in [-0.2, -0.15) is 0 Å². The number of carbonyl (C=O) groups is 1. The summed E-state index contributed by atoms with van der Waals surface area (Å²) in [5.41, 5.74) is 0. The van der Waals surface area contributed by atoms with Crippen LogP contribution in [0.25, 0.3) is 0 Å². The number of carboxylic acid groups (broad SMARTS) is 1. The molecule has 0 aliphatic carbocycles. The minimum atomic E-state index is -0.774. The molecule has 0 atom stereocenters. The maximum atomic E-state index is 10.1. The molecule has 0 aliphatic rings. The van der Waals surface area contributed by atoms with E-state index in [4.69, 9.17) is 5.11 Å². The molecule has 0 spiro atoms. The largest absolute Gasteiger partial charge is 0.481 e. The molecule has 0 aromatic rings. The number of allylic oxidation sites excluding steroid dienone is 3. The van der Waals surface area contributed by atoms with E-state index in [0.717, 1.165) is 19.3 Å². The van der Waals surface area contributed by atoms with Gasteiger partial charge in [-0.15, -0.1) is 0 Å². The van der Waals surface area contributed by atoms with Crippen molar-refractivity contribution in [3.63, 3.8) is 0 Å². The molecule has 0 amide bonds. The fourth-order valence-corrected chi connectivity index (χ4v) is 0.740. The van der Waals surface area contributed by atoms with E-state index in [0.29, 0.717) is 0 Å². The smallest absolute Gasteiger partial charge is 0.307 e. The third kappa shape index (κ3) is 8.95. The minimum Gasteiger partial charge on any atom is -0.481 e. The van der Waals surface area contributed by atoms with Crippen LogP contribution in [0, 0.1) is 0 Å². The van der Waals surface area contributed by atoms with Crippen LogP contribution in [0.4, 0.5) is 0 Å². The standard InChI is InChI=1S/C10H16O2/c1-2-3-4-5-6-7-8-9-10(11)12/h4-5,7-8H,2-3,6,9H2,1H3,(H,11,12)/b5-4-,8-7-. The molecular formula is C10H16O2. The summed E-state index contributed by atoms with van der Waals surface area (Å²) in [7, 11) is 0. The molecule has 0 heterocycles. The molecule has 1 N–H and O–H groups in total. The third-order valence-electron chi connectivity index (χ3n) is 1.35. The average molecular weight is 168 g/mol. The molecular weight excluding hydrogens is 152 g/mol. The normalized spacial score (nSPS) is 11.4. The molecule has 0 bridgehead atoms. The molecule has 12 heavy (non-hydrogen) atoms. The van der Waals surface area contributed by atoms with Crippen molar-refractivity contribution in [1.29, 1.82) is 0 Å². The summed E-state index contributed by atoms with van der Waals surface area (Å²) in [5.74, 6) is -0.774. The van der Waals surface area contributed by atoms with E-state index in [9.17, 15) is 4.79 Å². The molecule has 0 aromatic carbocycles. The van der Waals surface area contributed by atoms with Crippen molar-refractivity contribution in [3.8, 4) is 0 Å². The van der Waals surface area contributed by atoms with Crippen LogP contribution in [0.1, 0.15) is 32.6 Å². The molecule has 0 unspecified atom stereocenters. The lowest BCUT2D eigenvalue weighted by Gasteiger charge is -1.84. The lowest BCUT2D eigenvalue weighted by molar-refractivity contribution is -0.136. The Balaban J connectivity index is 3.29. The topological polar surface area (TPSA) is 37.3 Å². The first-order valence-electron chi connectivity index (χ1n) is 4.29. The zero-order valence-corrected chi connectivity index (χ0v) is 7.49. The van der Waals surface area contributed by atoms with Crippen molar-refractivity contribution in [3.05, 3.63) is 24.3 Å². The van der Waals surface area contributed by atoms with Crippen molar-refractivity contribution in [2.45, 2.75) is 32.6 Å². The van der Waals surface area contributed by atoms with Crippen molar-refractivity contribution >= 4 is 5.97 Å². The Morgan fingerprint density at radius 1 is 1.25 bits per heavy atom. The number of hydrogen-bond donors (Lipinski definition) is 1. The van der Waals surface area contributed by atoms with Crippen LogP contribution in [0.5, 0.6) is 0 Å². The molecule has 0 radical (unpaired) electrons. The molecule has 0 fully saturated rings. The van der Waals surface area contributed by atoms with Crippen LogP contribution < -0.4 is 0 Å². The highest BCUT2D eigenvalue weighted by molar-refractivity contribution is 5.68. The van der Waals surface area contributed by atoms with E-state index in [1.165, 1.54) is 0 Å². The number of carboxylic acids is 1. The molecule has 68 valence electrons. The highest BCUT2D eigenvalue weighted by Gasteiger charge is 1.86. The van der Waals surface area contributed by atoms with Crippen LogP contribution in [0.2, 0.25) is 0 Å². The van der Waals surface area contributed by atoms with Crippen molar-refractivity contribution in [1.82, 2.24) is 0 Å². The van der Waals surface area contributed by atoms with Crippen LogP contribution in [0.3, 0.4) is 0 Å². The second-order valence-electron chi connectivity index (χ2n) is 2.57. The lowest BCUT2D eigenvalue weighted by atomic mass is 10.2. The maximum Gasteiger partial charge on any atom is 0.307 e. The van der Waals surface area contributed by atoms with Crippen molar-refractivity contribution in [2.24, 2.45) is 0 Å². The Morgan fingerprint density at radius 3 is 2.50 bits per heavy atom. The second kappa shape index (κ2) is 8.05. The fourth-order valence-electron chi connectivity index (χ4n) is 0.740. The van der Waals surface area contributed by atoms with Gasteiger partial charge in [0.1, 0.15) is 0 Å². The first-order chi connectivity index (χ1) is 5.77. The summed E-state index contributed by atoms with van der Waals surface area (Å²) in [6.07, 6.45) is 11.0. The average Bonchev–Trinajstić information content (AvgIpc) is 2.02. The summed E-state index contributed by atoms with van der Waals surface area (Å²) >= 11 is 0. The number of hydrogen-bond acceptors (Lipinski definition) is 1. The van der Waals surface area contributed by atoms with E-state index >= 15 is 0 Å². The van der Waals surface area contributed by atoms with Gasteiger partial charge in [0, 0.05) is 0 Å². The molecule has 0 rings (SSSR count). The van der Waals surface area contributed by atoms with Crippen LogP contribution in [-0.4, -0.2) is 11.1 Å². The predicted octanol–water partition coefficient (Wildman–Crippen LogP) is 2.76. The van der Waals surface area contributed by atoms with Gasteiger partial charge in [0.25, 0.3) is 0 Å². The Kier molecular flexibility index (Phi) is 7.35. The third-order valence-corrected chi connectivity index (χ3v) is 1.35. The predicted molar refractivity (Wildman–Crippen MR) is 50.1 cm³/mol. The zero-order chi connectivity index (χ0) is 9.23. The zero-order valence-electron chi connectivity index (χ0n) is 7.49. The quantitative estimate of drug-likeness (QED) is 0.619. The lowest BCUT2D eigenvalue weighted by Crippen LogP contribution is -1.89. The van der Waals surface area contributed by atoms with E-state index in [1.54, 1.807) is 6.08 Å². The van der Waals surface area contributed by atoms with Gasteiger partial charge in [-0.3, -0.25) is 4.79 Å². The Hall–Kier alpha value is -1.05. The van der Waals surface area contributed by atoms with E-state index < -0.39 is 5.97 Å². The van der Waals surface area contributed by atoms with Gasteiger partial charge in [-0.1, -0.05) is 37.6 Å². The van der Waals surface area contributed by atoms with E-state index in [1.807, 2.05) is 6.08 Å². The number of rotatable bonds is 6. The molecule has 2 nitrogen and oxygen atoms in total. The van der Waals surface area contributed by atoms with Crippen molar-refractivity contribution < 1.29 is 9.90 Å². The Labute approximate surface area is 73.6 Å².